The molecule has 0 aliphatic heterocycles. The van der Waals surface area contributed by atoms with Crippen LogP contribution >= 0.6 is 0 Å². The van der Waals surface area contributed by atoms with E-state index in [1.807, 2.05) is 0 Å². The molecule has 6 nitrogen and oxygen atoms in total. The molecular formula is C6H7NO5. The number of hydrogen-bond acceptors (Lipinski definition) is 5. The predicted octanol–water partition coefficient (Wildman–Crippen LogP) is -0.602. The first-order valence-electron chi connectivity index (χ1n) is 3.17. The van der Waals surface area contributed by atoms with Crippen LogP contribution < -0.4 is 16.1 Å². The quantitative estimate of drug-likeness (QED) is 0.450. The molecule has 1 aromatic rings. The largest absolute Gasteiger partial charge is 0.449 e. The van der Waals surface area contributed by atoms with Crippen LogP contribution in [0.4, 0.5) is 0 Å². The number of aromatic nitrogens is 1. The average molecular weight is 173 g/mol. The minimum atomic E-state index is -1.11. The van der Waals surface area contributed by atoms with Gasteiger partial charge in [-0.05, 0) is 13.0 Å². The number of nitrogens with zero attached hydrogens (tertiary/aromatic N) is 1. The molecule has 0 aliphatic carbocycles. The molecule has 1 atom stereocenters. The van der Waals surface area contributed by atoms with Crippen molar-refractivity contribution in [1.82, 2.24) is 5.08 Å². The lowest BCUT2D eigenvalue weighted by Crippen LogP contribution is -2.18. The van der Waals surface area contributed by atoms with Gasteiger partial charge in [0.05, 0.1) is 0 Å². The van der Waals surface area contributed by atoms with E-state index in [1.54, 1.807) is 6.92 Å². The maximum Gasteiger partial charge on any atom is 0.449 e. The summed E-state index contributed by atoms with van der Waals surface area (Å²) in [6.07, 6.45) is 1.03. The van der Waals surface area contributed by atoms with Crippen molar-refractivity contribution in [2.45, 2.75) is 13.0 Å². The van der Waals surface area contributed by atoms with E-state index >= 15 is 0 Å². The molecular weight excluding hydrogens is 166 g/mol. The van der Waals surface area contributed by atoms with Gasteiger partial charge >= 0.3 is 11.3 Å². The van der Waals surface area contributed by atoms with Gasteiger partial charge in [0.25, 0.3) is 0 Å². The van der Waals surface area contributed by atoms with Gasteiger partial charge in [0.1, 0.15) is 11.2 Å². The fourth-order valence-corrected chi connectivity index (χ4v) is 0.450. The predicted molar refractivity (Wildman–Crippen MR) is 37.7 cm³/mol. The molecule has 1 rings (SSSR count). The molecule has 0 N–H and O–H groups in total. The van der Waals surface area contributed by atoms with Gasteiger partial charge in [-0.1, -0.05) is 6.58 Å². The molecule has 0 fully saturated rings. The lowest BCUT2D eigenvalue weighted by Gasteiger charge is -2.03. The number of hydrogen-bond donors (Lipinski definition) is 0. The van der Waals surface area contributed by atoms with Crippen LogP contribution in [0.5, 0.6) is 0 Å². The first kappa shape index (κ1) is 8.38. The Kier molecular flexibility index (Phi) is 2.18. The van der Waals surface area contributed by atoms with Gasteiger partial charge in [-0.25, -0.2) is 9.59 Å². The molecule has 66 valence electrons. The summed E-state index contributed by atoms with van der Waals surface area (Å²) in [6, 6.07) is 0. The monoisotopic (exact) mass is 173 g/mol. The normalized spacial score (nSPS) is 12.4. The Labute approximate surface area is 66.5 Å². The SMILES string of the molecule is C=CC(C)On1oc(=O)c(=O)o1. The second-order valence-corrected chi connectivity index (χ2v) is 2.03. The highest BCUT2D eigenvalue weighted by molar-refractivity contribution is 4.74. The van der Waals surface area contributed by atoms with Crippen molar-refractivity contribution < 1.29 is 13.9 Å². The zero-order chi connectivity index (χ0) is 9.14. The highest BCUT2D eigenvalue weighted by atomic mass is 17.0. The van der Waals surface area contributed by atoms with Crippen LogP contribution in [0, 0.1) is 0 Å². The fraction of sp³-hybridized carbons (Fsp3) is 0.333. The molecule has 1 aromatic heterocycles. The van der Waals surface area contributed by atoms with Crippen molar-refractivity contribution in [3.05, 3.63) is 33.5 Å². The molecule has 0 radical (unpaired) electrons. The lowest BCUT2D eigenvalue weighted by atomic mass is 10.4. The van der Waals surface area contributed by atoms with Gasteiger partial charge in [-0.15, -0.1) is 0 Å². The first-order valence-corrected chi connectivity index (χ1v) is 3.17. The Morgan fingerprint density at radius 1 is 1.50 bits per heavy atom. The summed E-state index contributed by atoms with van der Waals surface area (Å²) < 4.78 is 8.40. The summed E-state index contributed by atoms with van der Waals surface area (Å²) in [5, 5.41) is 0.358. The van der Waals surface area contributed by atoms with E-state index in [9.17, 15) is 9.59 Å². The maximum atomic E-state index is 10.4. The Morgan fingerprint density at radius 3 is 2.42 bits per heavy atom. The van der Waals surface area contributed by atoms with E-state index in [2.05, 4.69) is 15.6 Å². The van der Waals surface area contributed by atoms with Crippen LogP contribution in [-0.4, -0.2) is 11.2 Å². The van der Waals surface area contributed by atoms with Crippen molar-refractivity contribution >= 4 is 0 Å². The Bertz CT molecular complexity index is 342. The zero-order valence-corrected chi connectivity index (χ0v) is 6.35. The van der Waals surface area contributed by atoms with Crippen molar-refractivity contribution in [3.8, 4) is 0 Å². The van der Waals surface area contributed by atoms with Crippen LogP contribution in [0.3, 0.4) is 0 Å². The van der Waals surface area contributed by atoms with Crippen LogP contribution in [-0.2, 0) is 0 Å². The third kappa shape index (κ3) is 1.66. The standard InChI is InChI=1S/C6H7NO5/c1-3-4(2)10-7-11-5(8)6(9)12-7/h3-4H,1H2,2H3. The van der Waals surface area contributed by atoms with Crippen LogP contribution in [0.25, 0.3) is 0 Å². The smallest absolute Gasteiger partial charge is 0.350 e. The minimum Gasteiger partial charge on any atom is -0.350 e. The van der Waals surface area contributed by atoms with Gasteiger partial charge in [0.15, 0.2) is 0 Å². The molecule has 12 heavy (non-hydrogen) atoms. The van der Waals surface area contributed by atoms with E-state index in [4.69, 9.17) is 4.84 Å². The van der Waals surface area contributed by atoms with Gasteiger partial charge in [0, 0.05) is 0 Å². The van der Waals surface area contributed by atoms with Gasteiger partial charge < -0.3 is 4.84 Å². The number of rotatable bonds is 3. The first-order chi connectivity index (χ1) is 5.63. The van der Waals surface area contributed by atoms with Crippen LogP contribution in [0.15, 0.2) is 31.3 Å². The molecule has 0 bridgehead atoms. The van der Waals surface area contributed by atoms with Crippen LogP contribution in [0.2, 0.25) is 0 Å². The van der Waals surface area contributed by atoms with Gasteiger partial charge in [0.2, 0.25) is 0 Å². The van der Waals surface area contributed by atoms with E-state index in [-0.39, 0.29) is 0 Å². The summed E-state index contributed by atoms with van der Waals surface area (Å²) in [4.78, 5) is 25.6. The summed E-state index contributed by atoms with van der Waals surface area (Å²) in [5.74, 6) is 0. The van der Waals surface area contributed by atoms with E-state index in [0.29, 0.717) is 5.08 Å². The van der Waals surface area contributed by atoms with Crippen molar-refractivity contribution in [1.29, 1.82) is 0 Å². The van der Waals surface area contributed by atoms with Gasteiger partial charge in [-0.3, -0.25) is 9.05 Å². The molecule has 0 amide bonds. The summed E-state index contributed by atoms with van der Waals surface area (Å²) >= 11 is 0. The highest BCUT2D eigenvalue weighted by Gasteiger charge is 2.07. The van der Waals surface area contributed by atoms with Crippen molar-refractivity contribution in [2.75, 3.05) is 0 Å². The summed E-state index contributed by atoms with van der Waals surface area (Å²) in [7, 11) is 0. The zero-order valence-electron chi connectivity index (χ0n) is 6.35. The second kappa shape index (κ2) is 3.12. The van der Waals surface area contributed by atoms with E-state index < -0.39 is 17.4 Å². The lowest BCUT2D eigenvalue weighted by molar-refractivity contribution is -0.159. The molecule has 0 saturated heterocycles. The second-order valence-electron chi connectivity index (χ2n) is 2.03. The molecule has 0 aliphatic rings. The molecule has 0 aromatic carbocycles. The Morgan fingerprint density at radius 2 is 2.00 bits per heavy atom. The van der Waals surface area contributed by atoms with E-state index in [1.165, 1.54) is 6.08 Å². The highest BCUT2D eigenvalue weighted by Crippen LogP contribution is 1.85. The topological polar surface area (TPSA) is 74.6 Å². The third-order valence-electron chi connectivity index (χ3n) is 1.07. The molecule has 1 unspecified atom stereocenters. The van der Waals surface area contributed by atoms with Crippen LogP contribution in [0.1, 0.15) is 6.92 Å². The van der Waals surface area contributed by atoms with Crippen molar-refractivity contribution in [3.63, 3.8) is 0 Å². The Hall–Kier alpha value is -1.72. The average Bonchev–Trinajstić information content (AvgIpc) is 2.31. The molecule has 0 spiro atoms. The van der Waals surface area contributed by atoms with Gasteiger partial charge in [-0.2, -0.15) is 0 Å². The fourth-order valence-electron chi connectivity index (χ4n) is 0.450. The molecule has 6 heteroatoms. The Balaban J connectivity index is 2.84. The minimum absolute atomic E-state index is 0.358. The molecule has 0 saturated carbocycles. The van der Waals surface area contributed by atoms with Crippen molar-refractivity contribution in [2.24, 2.45) is 0 Å². The molecule has 1 heterocycles. The third-order valence-corrected chi connectivity index (χ3v) is 1.07. The summed E-state index contributed by atoms with van der Waals surface area (Å²) in [5.41, 5.74) is -2.21. The summed E-state index contributed by atoms with van der Waals surface area (Å²) in [6.45, 7) is 5.04. The maximum absolute atomic E-state index is 10.4. The van der Waals surface area contributed by atoms with E-state index in [0.717, 1.165) is 0 Å².